The summed E-state index contributed by atoms with van der Waals surface area (Å²) in [7, 11) is -2.44. The molecule has 0 bridgehead atoms. The Kier molecular flexibility index (Phi) is 7.54. The Morgan fingerprint density at radius 1 is 1.10 bits per heavy atom. The first-order valence-electron chi connectivity index (χ1n) is 9.38. The van der Waals surface area contributed by atoms with E-state index in [2.05, 4.69) is 49.8 Å². The van der Waals surface area contributed by atoms with Gasteiger partial charge in [-0.05, 0) is 60.2 Å². The highest BCUT2D eigenvalue weighted by molar-refractivity contribution is 7.99. The topological polar surface area (TPSA) is 72.5 Å². The summed E-state index contributed by atoms with van der Waals surface area (Å²) in [5.74, 6) is 0.0555. The van der Waals surface area contributed by atoms with Gasteiger partial charge in [-0.15, -0.1) is 11.8 Å². The summed E-state index contributed by atoms with van der Waals surface area (Å²) in [4.78, 5) is 13.1. The van der Waals surface area contributed by atoms with Gasteiger partial charge in [0.15, 0.2) is 0 Å². The number of carbonyl (C=O) groups is 1. The summed E-state index contributed by atoms with van der Waals surface area (Å²) >= 11 is 1.59. The molecule has 29 heavy (non-hydrogen) atoms. The summed E-state index contributed by atoms with van der Waals surface area (Å²) in [5.41, 5.74) is 3.07. The number of carbonyl (C=O) groups excluding carboxylic acids is 1. The molecule has 158 valence electrons. The third kappa shape index (κ3) is 6.07. The largest absolute Gasteiger partial charge is 0.465 e. The molecule has 0 saturated heterocycles. The van der Waals surface area contributed by atoms with Crippen LogP contribution < -0.4 is 4.72 Å². The number of hydrogen-bond acceptors (Lipinski definition) is 5. The average Bonchev–Trinajstić information content (AvgIpc) is 2.66. The van der Waals surface area contributed by atoms with Crippen LogP contribution in [0.1, 0.15) is 47.8 Å². The molecule has 5 nitrogen and oxygen atoms in total. The standard InChI is InChI=1S/C22H29NO4S2/c1-15-13-19(14-20(16(15)2)21(24)27-6)29(25,26)23-11-12-28-18-9-7-17(8-10-18)22(3,4)5/h7-10,13-14,23H,11-12H2,1-6H3. The summed E-state index contributed by atoms with van der Waals surface area (Å²) in [6.07, 6.45) is 0. The zero-order chi connectivity index (χ0) is 21.8. The Morgan fingerprint density at radius 2 is 1.72 bits per heavy atom. The van der Waals surface area contributed by atoms with E-state index in [0.717, 1.165) is 10.5 Å². The number of ether oxygens (including phenoxy) is 1. The fraction of sp³-hybridized carbons (Fsp3) is 0.409. The van der Waals surface area contributed by atoms with Crippen LogP contribution in [0.4, 0.5) is 0 Å². The first-order valence-corrected chi connectivity index (χ1v) is 11.8. The molecular weight excluding hydrogens is 406 g/mol. The highest BCUT2D eigenvalue weighted by Crippen LogP contribution is 2.26. The van der Waals surface area contributed by atoms with Crippen LogP contribution in [0, 0.1) is 13.8 Å². The molecule has 2 aromatic carbocycles. The quantitative estimate of drug-likeness (QED) is 0.395. The van der Waals surface area contributed by atoms with Gasteiger partial charge in [0, 0.05) is 17.2 Å². The number of aryl methyl sites for hydroxylation is 1. The lowest BCUT2D eigenvalue weighted by atomic mass is 9.87. The minimum Gasteiger partial charge on any atom is -0.465 e. The highest BCUT2D eigenvalue weighted by atomic mass is 32.2. The van der Waals surface area contributed by atoms with Gasteiger partial charge in [-0.3, -0.25) is 0 Å². The molecule has 0 heterocycles. The Labute approximate surface area is 178 Å². The second-order valence-corrected chi connectivity index (χ2v) is 10.9. The number of methoxy groups -OCH3 is 1. The van der Waals surface area contributed by atoms with Crippen LogP contribution in [0.2, 0.25) is 0 Å². The Morgan fingerprint density at radius 3 is 2.28 bits per heavy atom. The molecule has 7 heteroatoms. The van der Waals surface area contributed by atoms with Crippen LogP contribution in [0.25, 0.3) is 0 Å². The van der Waals surface area contributed by atoms with Crippen LogP contribution in [0.5, 0.6) is 0 Å². The maximum absolute atomic E-state index is 12.7. The highest BCUT2D eigenvalue weighted by Gasteiger charge is 2.20. The average molecular weight is 436 g/mol. The van der Waals surface area contributed by atoms with Crippen molar-refractivity contribution in [1.29, 1.82) is 0 Å². The van der Waals surface area contributed by atoms with Gasteiger partial charge < -0.3 is 4.74 Å². The second kappa shape index (κ2) is 9.32. The number of hydrogen-bond donors (Lipinski definition) is 1. The number of sulfonamides is 1. The van der Waals surface area contributed by atoms with Gasteiger partial charge in [0.1, 0.15) is 0 Å². The third-order valence-electron chi connectivity index (χ3n) is 4.74. The molecule has 0 fully saturated rings. The molecular formula is C22H29NO4S2. The molecule has 0 saturated carbocycles. The predicted molar refractivity (Wildman–Crippen MR) is 118 cm³/mol. The van der Waals surface area contributed by atoms with Gasteiger partial charge in [-0.2, -0.15) is 0 Å². The summed E-state index contributed by atoms with van der Waals surface area (Å²) in [6.45, 7) is 10.3. The lowest BCUT2D eigenvalue weighted by Crippen LogP contribution is -2.26. The first-order chi connectivity index (χ1) is 13.5. The molecule has 0 amide bonds. The van der Waals surface area contributed by atoms with E-state index in [0.29, 0.717) is 11.3 Å². The molecule has 0 aromatic heterocycles. The van der Waals surface area contributed by atoms with Crippen LogP contribution in [-0.4, -0.2) is 33.8 Å². The van der Waals surface area contributed by atoms with E-state index in [1.165, 1.54) is 18.7 Å². The van der Waals surface area contributed by atoms with Crippen LogP contribution in [0.15, 0.2) is 46.2 Å². The zero-order valence-corrected chi connectivity index (χ0v) is 19.5. The van der Waals surface area contributed by atoms with Crippen LogP contribution >= 0.6 is 11.8 Å². The van der Waals surface area contributed by atoms with Crippen molar-refractivity contribution in [3.8, 4) is 0 Å². The van der Waals surface area contributed by atoms with Crippen molar-refractivity contribution in [2.75, 3.05) is 19.4 Å². The minimum atomic E-state index is -3.72. The Balaban J connectivity index is 2.02. The fourth-order valence-electron chi connectivity index (χ4n) is 2.78. The fourth-order valence-corrected chi connectivity index (χ4v) is 4.82. The molecule has 0 atom stereocenters. The van der Waals surface area contributed by atoms with Crippen molar-refractivity contribution in [2.45, 2.75) is 49.8 Å². The molecule has 2 aromatic rings. The zero-order valence-electron chi connectivity index (χ0n) is 17.8. The summed E-state index contributed by atoms with van der Waals surface area (Å²) in [5, 5.41) is 0. The molecule has 0 spiro atoms. The number of benzene rings is 2. The SMILES string of the molecule is COC(=O)c1cc(S(=O)(=O)NCCSc2ccc(C(C)(C)C)cc2)cc(C)c1C. The number of thioether (sulfide) groups is 1. The van der Waals surface area contributed by atoms with E-state index < -0.39 is 16.0 Å². The van der Waals surface area contributed by atoms with Gasteiger partial charge in [0.25, 0.3) is 0 Å². The van der Waals surface area contributed by atoms with Gasteiger partial charge in [0.05, 0.1) is 17.6 Å². The smallest absolute Gasteiger partial charge is 0.338 e. The minimum absolute atomic E-state index is 0.0699. The third-order valence-corrected chi connectivity index (χ3v) is 7.19. The number of esters is 1. The molecule has 0 aliphatic carbocycles. The van der Waals surface area contributed by atoms with E-state index in [4.69, 9.17) is 4.74 Å². The summed E-state index contributed by atoms with van der Waals surface area (Å²) < 4.78 is 32.7. The first kappa shape index (κ1) is 23.4. The molecule has 2 rings (SSSR count). The van der Waals surface area contributed by atoms with Crippen molar-refractivity contribution in [3.05, 3.63) is 58.7 Å². The van der Waals surface area contributed by atoms with Crippen molar-refractivity contribution in [1.82, 2.24) is 4.72 Å². The maximum atomic E-state index is 12.7. The van der Waals surface area contributed by atoms with Crippen molar-refractivity contribution in [3.63, 3.8) is 0 Å². The van der Waals surface area contributed by atoms with E-state index in [9.17, 15) is 13.2 Å². The van der Waals surface area contributed by atoms with Gasteiger partial charge in [-0.1, -0.05) is 32.9 Å². The molecule has 0 unspecified atom stereocenters. The number of rotatable bonds is 7. The van der Waals surface area contributed by atoms with Crippen molar-refractivity contribution in [2.24, 2.45) is 0 Å². The van der Waals surface area contributed by atoms with Crippen LogP contribution in [-0.2, 0) is 20.2 Å². The number of nitrogens with one attached hydrogen (secondary N) is 1. The van der Waals surface area contributed by atoms with E-state index >= 15 is 0 Å². The van der Waals surface area contributed by atoms with Crippen molar-refractivity contribution >= 4 is 27.8 Å². The predicted octanol–water partition coefficient (Wildman–Crippen LogP) is 4.46. The van der Waals surface area contributed by atoms with Gasteiger partial charge in [0.2, 0.25) is 10.0 Å². The molecule has 0 aliphatic rings. The van der Waals surface area contributed by atoms with E-state index in [-0.39, 0.29) is 22.4 Å². The molecule has 0 aliphatic heterocycles. The lowest BCUT2D eigenvalue weighted by Gasteiger charge is -2.19. The normalized spacial score (nSPS) is 12.1. The Bertz CT molecular complexity index is 975. The van der Waals surface area contributed by atoms with Crippen LogP contribution in [0.3, 0.4) is 0 Å². The van der Waals surface area contributed by atoms with Gasteiger partial charge >= 0.3 is 5.97 Å². The Hall–Kier alpha value is -1.83. The second-order valence-electron chi connectivity index (χ2n) is 7.92. The molecule has 1 N–H and O–H groups in total. The maximum Gasteiger partial charge on any atom is 0.338 e. The van der Waals surface area contributed by atoms with E-state index in [1.807, 2.05) is 0 Å². The molecule has 0 radical (unpaired) electrons. The summed E-state index contributed by atoms with van der Waals surface area (Å²) in [6, 6.07) is 11.3. The lowest BCUT2D eigenvalue weighted by molar-refractivity contribution is 0.0599. The van der Waals surface area contributed by atoms with E-state index in [1.54, 1.807) is 31.7 Å². The monoisotopic (exact) mass is 435 g/mol. The van der Waals surface area contributed by atoms with Crippen molar-refractivity contribution < 1.29 is 17.9 Å². The van der Waals surface area contributed by atoms with Gasteiger partial charge in [-0.25, -0.2) is 17.9 Å².